The lowest BCUT2D eigenvalue weighted by Crippen LogP contribution is -2.52. The topological polar surface area (TPSA) is 81.2 Å². The molecule has 2 aliphatic rings. The van der Waals surface area contributed by atoms with E-state index in [1.165, 1.54) is 12.8 Å². The summed E-state index contributed by atoms with van der Waals surface area (Å²) in [5, 5.41) is 21.2. The third kappa shape index (κ3) is 4.42. The van der Waals surface area contributed by atoms with E-state index in [2.05, 4.69) is 20.4 Å². The smallest absolute Gasteiger partial charge is 0.220 e. The van der Waals surface area contributed by atoms with Crippen LogP contribution >= 0.6 is 0 Å². The maximum atomic E-state index is 12.4. The van der Waals surface area contributed by atoms with E-state index in [0.29, 0.717) is 12.8 Å². The van der Waals surface area contributed by atoms with Crippen molar-refractivity contribution < 1.29 is 9.90 Å². The number of aliphatic hydroxyl groups excluding tert-OH is 1. The first-order valence-corrected chi connectivity index (χ1v) is 9.78. The van der Waals surface area contributed by atoms with Gasteiger partial charge < -0.3 is 10.4 Å². The lowest BCUT2D eigenvalue weighted by atomic mass is 10.00. The van der Waals surface area contributed by atoms with E-state index in [-0.39, 0.29) is 18.0 Å². The number of nitrogens with one attached hydrogen (secondary N) is 2. The molecule has 6 nitrogen and oxygen atoms in total. The third-order valence-corrected chi connectivity index (χ3v) is 5.91. The van der Waals surface area contributed by atoms with E-state index >= 15 is 0 Å². The van der Waals surface area contributed by atoms with Crippen LogP contribution in [-0.2, 0) is 11.2 Å². The molecule has 0 radical (unpaired) electrons. The minimum atomic E-state index is -0.457. The summed E-state index contributed by atoms with van der Waals surface area (Å²) in [6.45, 7) is 6.12. The number of aromatic amines is 1. The molecule has 1 aromatic rings. The van der Waals surface area contributed by atoms with E-state index in [1.807, 2.05) is 13.8 Å². The fourth-order valence-corrected chi connectivity index (χ4v) is 4.42. The number of carbonyl (C=O) groups excluding carboxylic acids is 1. The van der Waals surface area contributed by atoms with Crippen molar-refractivity contribution in [2.75, 3.05) is 13.1 Å². The monoisotopic (exact) mass is 348 g/mol. The van der Waals surface area contributed by atoms with Gasteiger partial charge in [0.25, 0.3) is 0 Å². The molecule has 140 valence electrons. The molecular formula is C19H32N4O2. The van der Waals surface area contributed by atoms with Crippen LogP contribution in [0.2, 0.25) is 0 Å². The van der Waals surface area contributed by atoms with Gasteiger partial charge in [-0.15, -0.1) is 0 Å². The van der Waals surface area contributed by atoms with Crippen molar-refractivity contribution in [1.29, 1.82) is 0 Å². The van der Waals surface area contributed by atoms with E-state index in [0.717, 1.165) is 55.7 Å². The Labute approximate surface area is 150 Å². The number of aromatic nitrogens is 2. The van der Waals surface area contributed by atoms with Crippen LogP contribution in [0.3, 0.4) is 0 Å². The van der Waals surface area contributed by atoms with Crippen LogP contribution < -0.4 is 5.32 Å². The summed E-state index contributed by atoms with van der Waals surface area (Å²) in [4.78, 5) is 14.9. The summed E-state index contributed by atoms with van der Waals surface area (Å²) in [5.74, 6) is 0.0334. The van der Waals surface area contributed by atoms with Gasteiger partial charge in [0.2, 0.25) is 5.91 Å². The first kappa shape index (κ1) is 18.4. The van der Waals surface area contributed by atoms with Crippen molar-refractivity contribution in [2.45, 2.75) is 83.4 Å². The SMILES string of the molecule is Cc1n[nH]c(C)c1CCC(=O)N[C@@H]1CCCC[C@@H](N2CCCC2)[C@@H]1O. The Balaban J connectivity index is 1.55. The van der Waals surface area contributed by atoms with Crippen molar-refractivity contribution in [1.82, 2.24) is 20.4 Å². The number of H-pyrrole nitrogens is 1. The van der Waals surface area contributed by atoms with Crippen LogP contribution in [-0.4, -0.2) is 57.4 Å². The van der Waals surface area contributed by atoms with Crippen LogP contribution in [0, 0.1) is 13.8 Å². The van der Waals surface area contributed by atoms with Crippen molar-refractivity contribution in [3.63, 3.8) is 0 Å². The number of hydrogen-bond donors (Lipinski definition) is 3. The molecule has 6 heteroatoms. The molecule has 0 bridgehead atoms. The number of hydrogen-bond acceptors (Lipinski definition) is 4. The third-order valence-electron chi connectivity index (χ3n) is 5.91. The lowest BCUT2D eigenvalue weighted by molar-refractivity contribution is -0.123. The van der Waals surface area contributed by atoms with Crippen molar-refractivity contribution in [2.24, 2.45) is 0 Å². The number of carbonyl (C=O) groups is 1. The summed E-state index contributed by atoms with van der Waals surface area (Å²) < 4.78 is 0. The number of amides is 1. The molecule has 1 saturated carbocycles. The molecule has 3 atom stereocenters. The Morgan fingerprint density at radius 1 is 1.24 bits per heavy atom. The maximum Gasteiger partial charge on any atom is 0.220 e. The number of rotatable bonds is 5. The second-order valence-corrected chi connectivity index (χ2v) is 7.67. The number of aliphatic hydroxyl groups is 1. The van der Waals surface area contributed by atoms with Crippen molar-refractivity contribution in [3.8, 4) is 0 Å². The summed E-state index contributed by atoms with van der Waals surface area (Å²) in [6, 6.07) is 0.0841. The lowest BCUT2D eigenvalue weighted by Gasteiger charge is -2.34. The van der Waals surface area contributed by atoms with Gasteiger partial charge in [0.1, 0.15) is 0 Å². The van der Waals surface area contributed by atoms with Crippen molar-refractivity contribution in [3.05, 3.63) is 17.0 Å². The average Bonchev–Trinajstić information content (AvgIpc) is 3.18. The van der Waals surface area contributed by atoms with Gasteiger partial charge in [0.05, 0.1) is 17.8 Å². The zero-order valence-corrected chi connectivity index (χ0v) is 15.6. The molecule has 3 rings (SSSR count). The number of nitrogens with zero attached hydrogens (tertiary/aromatic N) is 2. The number of aryl methyl sites for hydroxylation is 2. The van der Waals surface area contributed by atoms with E-state index < -0.39 is 6.10 Å². The van der Waals surface area contributed by atoms with Crippen LogP contribution in [0.1, 0.15) is 61.9 Å². The van der Waals surface area contributed by atoms with Gasteiger partial charge in [-0.25, -0.2) is 0 Å². The Kier molecular flexibility index (Phi) is 6.12. The Morgan fingerprint density at radius 3 is 2.64 bits per heavy atom. The zero-order chi connectivity index (χ0) is 17.8. The van der Waals surface area contributed by atoms with Crippen LogP contribution in [0.5, 0.6) is 0 Å². The molecule has 1 aliphatic heterocycles. The average molecular weight is 348 g/mol. The first-order chi connectivity index (χ1) is 12.1. The quantitative estimate of drug-likeness (QED) is 0.709. The molecule has 0 aromatic carbocycles. The van der Waals surface area contributed by atoms with Gasteiger partial charge in [-0.3, -0.25) is 14.8 Å². The van der Waals surface area contributed by atoms with Crippen molar-refractivity contribution >= 4 is 5.91 Å². The number of likely N-dealkylation sites (tertiary alicyclic amines) is 1. The van der Waals surface area contributed by atoms with Gasteiger partial charge >= 0.3 is 0 Å². The molecular weight excluding hydrogens is 316 g/mol. The highest BCUT2D eigenvalue weighted by molar-refractivity contribution is 5.76. The van der Waals surface area contributed by atoms with Gasteiger partial charge in [-0.2, -0.15) is 5.10 Å². The Hall–Kier alpha value is -1.40. The molecule has 2 heterocycles. The molecule has 1 aliphatic carbocycles. The predicted molar refractivity (Wildman–Crippen MR) is 97.4 cm³/mol. The van der Waals surface area contributed by atoms with E-state index in [4.69, 9.17) is 0 Å². The highest BCUT2D eigenvalue weighted by Gasteiger charge is 2.35. The summed E-state index contributed by atoms with van der Waals surface area (Å²) in [5.41, 5.74) is 3.13. The molecule has 25 heavy (non-hydrogen) atoms. The highest BCUT2D eigenvalue weighted by atomic mass is 16.3. The fourth-order valence-electron chi connectivity index (χ4n) is 4.42. The summed E-state index contributed by atoms with van der Waals surface area (Å²) >= 11 is 0. The largest absolute Gasteiger partial charge is 0.389 e. The Morgan fingerprint density at radius 2 is 1.96 bits per heavy atom. The fraction of sp³-hybridized carbons (Fsp3) is 0.789. The van der Waals surface area contributed by atoms with E-state index in [9.17, 15) is 9.90 Å². The second-order valence-electron chi connectivity index (χ2n) is 7.67. The van der Waals surface area contributed by atoms with Gasteiger partial charge in [-0.05, 0) is 64.6 Å². The molecule has 3 N–H and O–H groups in total. The molecule has 1 saturated heterocycles. The molecule has 1 amide bonds. The molecule has 0 spiro atoms. The van der Waals surface area contributed by atoms with Gasteiger partial charge in [0.15, 0.2) is 0 Å². The molecule has 0 unspecified atom stereocenters. The molecule has 1 aromatic heterocycles. The maximum absolute atomic E-state index is 12.4. The summed E-state index contributed by atoms with van der Waals surface area (Å²) in [6.07, 6.45) is 7.26. The highest BCUT2D eigenvalue weighted by Crippen LogP contribution is 2.26. The second kappa shape index (κ2) is 8.32. The summed E-state index contributed by atoms with van der Waals surface area (Å²) in [7, 11) is 0. The zero-order valence-electron chi connectivity index (χ0n) is 15.6. The Bertz CT molecular complexity index is 560. The van der Waals surface area contributed by atoms with E-state index in [1.54, 1.807) is 0 Å². The van der Waals surface area contributed by atoms with Crippen LogP contribution in [0.4, 0.5) is 0 Å². The standard InChI is InChI=1S/C19H32N4O2/c1-13-15(14(2)22-21-13)9-10-18(24)20-16-7-3-4-8-17(19(16)25)23-11-5-6-12-23/h16-17,19,25H,3-12H2,1-2H3,(H,20,24)(H,21,22)/t16-,17-,19-/m1/s1. The minimum Gasteiger partial charge on any atom is -0.389 e. The van der Waals surface area contributed by atoms with Gasteiger partial charge in [-0.1, -0.05) is 12.8 Å². The molecule has 2 fully saturated rings. The minimum absolute atomic E-state index is 0.0334. The first-order valence-electron chi connectivity index (χ1n) is 9.78. The van der Waals surface area contributed by atoms with Gasteiger partial charge in [0, 0.05) is 18.2 Å². The predicted octanol–water partition coefficient (Wildman–Crippen LogP) is 1.84. The normalized spacial score (nSPS) is 28.0. The van der Waals surface area contributed by atoms with Crippen LogP contribution in [0.15, 0.2) is 0 Å². The van der Waals surface area contributed by atoms with Crippen LogP contribution in [0.25, 0.3) is 0 Å².